The largest absolute Gasteiger partial charge is 0.378 e. The van der Waals surface area contributed by atoms with Gasteiger partial charge in [-0.25, -0.2) is 0 Å². The van der Waals surface area contributed by atoms with Gasteiger partial charge in [-0.15, -0.1) is 0 Å². The number of nitriles is 1. The number of para-hydroxylation sites is 1. The molecule has 0 spiro atoms. The zero-order valence-electron chi connectivity index (χ0n) is 15.8. The Bertz CT molecular complexity index is 1140. The van der Waals surface area contributed by atoms with Crippen molar-refractivity contribution in [2.24, 2.45) is 0 Å². The predicted molar refractivity (Wildman–Crippen MR) is 111 cm³/mol. The van der Waals surface area contributed by atoms with Crippen LogP contribution in [0.5, 0.6) is 0 Å². The average Bonchev–Trinajstić information content (AvgIpc) is 2.77. The number of benzene rings is 2. The summed E-state index contributed by atoms with van der Waals surface area (Å²) in [6, 6.07) is 16.6. The molecule has 1 amide bonds. The van der Waals surface area contributed by atoms with E-state index in [0.717, 1.165) is 32.0 Å². The fraction of sp³-hybridized carbons (Fsp3) is 0.227. The maximum absolute atomic E-state index is 12.6. The first-order valence-electron chi connectivity index (χ1n) is 9.40. The van der Waals surface area contributed by atoms with E-state index in [0.29, 0.717) is 16.6 Å². The molecule has 0 bridgehead atoms. The highest BCUT2D eigenvalue weighted by molar-refractivity contribution is 5.92. The summed E-state index contributed by atoms with van der Waals surface area (Å²) < 4.78 is 7.00. The van der Waals surface area contributed by atoms with Crippen molar-refractivity contribution in [3.8, 4) is 6.07 Å². The highest BCUT2D eigenvalue weighted by Gasteiger charge is 2.13. The van der Waals surface area contributed by atoms with Crippen molar-refractivity contribution in [1.82, 2.24) is 4.57 Å². The molecule has 0 atom stereocenters. The number of morpholine rings is 1. The van der Waals surface area contributed by atoms with Crippen LogP contribution in [-0.2, 0) is 16.1 Å². The summed E-state index contributed by atoms with van der Waals surface area (Å²) >= 11 is 0. The van der Waals surface area contributed by atoms with Gasteiger partial charge in [0.1, 0.15) is 18.2 Å². The van der Waals surface area contributed by atoms with Gasteiger partial charge in [-0.2, -0.15) is 5.26 Å². The van der Waals surface area contributed by atoms with Crippen LogP contribution in [-0.4, -0.2) is 36.8 Å². The normalized spacial score (nSPS) is 13.8. The van der Waals surface area contributed by atoms with Gasteiger partial charge in [0.25, 0.3) is 0 Å². The lowest BCUT2D eigenvalue weighted by Gasteiger charge is -2.28. The van der Waals surface area contributed by atoms with Crippen LogP contribution < -0.4 is 15.6 Å². The third-order valence-corrected chi connectivity index (χ3v) is 4.95. The lowest BCUT2D eigenvalue weighted by atomic mass is 10.1. The van der Waals surface area contributed by atoms with E-state index in [1.165, 1.54) is 6.20 Å². The molecule has 146 valence electrons. The number of anilines is 2. The van der Waals surface area contributed by atoms with E-state index < -0.39 is 0 Å². The number of rotatable bonds is 4. The molecule has 29 heavy (non-hydrogen) atoms. The molecule has 0 unspecified atom stereocenters. The predicted octanol–water partition coefficient (Wildman–Crippen LogP) is 2.35. The zero-order chi connectivity index (χ0) is 20.2. The molecule has 1 fully saturated rings. The molecule has 1 aliphatic rings. The van der Waals surface area contributed by atoms with Crippen LogP contribution in [0.2, 0.25) is 0 Å². The van der Waals surface area contributed by atoms with Crippen LogP contribution >= 0.6 is 0 Å². The second kappa shape index (κ2) is 8.17. The molecule has 0 radical (unpaired) electrons. The molecular weight excluding hydrogens is 368 g/mol. The number of fused-ring (bicyclic) bond motifs is 1. The number of ether oxygens (including phenoxy) is 1. The molecule has 1 aliphatic heterocycles. The fourth-order valence-electron chi connectivity index (χ4n) is 3.49. The van der Waals surface area contributed by atoms with E-state index in [1.54, 1.807) is 28.8 Å². The molecule has 2 aromatic carbocycles. The van der Waals surface area contributed by atoms with Crippen molar-refractivity contribution in [1.29, 1.82) is 5.26 Å². The Morgan fingerprint density at radius 3 is 2.55 bits per heavy atom. The highest BCUT2D eigenvalue weighted by atomic mass is 16.5. The smallest absolute Gasteiger partial charge is 0.244 e. The summed E-state index contributed by atoms with van der Waals surface area (Å²) in [6.45, 7) is 3.15. The Morgan fingerprint density at radius 1 is 1.10 bits per heavy atom. The monoisotopic (exact) mass is 388 g/mol. The Hall–Kier alpha value is -3.63. The summed E-state index contributed by atoms with van der Waals surface area (Å²) in [4.78, 5) is 27.1. The van der Waals surface area contributed by atoms with Gasteiger partial charge in [-0.05, 0) is 36.4 Å². The molecular formula is C22H20N4O3. The van der Waals surface area contributed by atoms with Crippen molar-refractivity contribution in [2.75, 3.05) is 36.5 Å². The number of carbonyl (C=O) groups excluding carboxylic acids is 1. The van der Waals surface area contributed by atoms with E-state index in [2.05, 4.69) is 10.2 Å². The van der Waals surface area contributed by atoms with Crippen molar-refractivity contribution < 1.29 is 9.53 Å². The second-order valence-corrected chi connectivity index (χ2v) is 6.82. The minimum Gasteiger partial charge on any atom is -0.378 e. The maximum atomic E-state index is 12.6. The third kappa shape index (κ3) is 3.98. The first-order chi connectivity index (χ1) is 14.2. The van der Waals surface area contributed by atoms with Crippen LogP contribution in [0.25, 0.3) is 10.9 Å². The highest BCUT2D eigenvalue weighted by Crippen LogP contribution is 2.19. The fourth-order valence-corrected chi connectivity index (χ4v) is 3.49. The molecule has 4 rings (SSSR count). The summed E-state index contributed by atoms with van der Waals surface area (Å²) in [7, 11) is 0. The lowest BCUT2D eigenvalue weighted by molar-refractivity contribution is -0.116. The standard InChI is InChI=1S/C22H20N4O3/c23-13-16-14-26(20-4-2-1-3-19(20)22(16)28)15-21(27)24-17-5-7-18(8-6-17)25-9-11-29-12-10-25/h1-8,14H,9-12,15H2,(H,24,27). The number of carbonyl (C=O) groups is 1. The Morgan fingerprint density at radius 2 is 1.83 bits per heavy atom. The number of hydrogen-bond acceptors (Lipinski definition) is 5. The Balaban J connectivity index is 1.51. The first-order valence-corrected chi connectivity index (χ1v) is 9.40. The molecule has 7 heteroatoms. The van der Waals surface area contributed by atoms with Crippen LogP contribution in [0.15, 0.2) is 59.5 Å². The van der Waals surface area contributed by atoms with E-state index in [-0.39, 0.29) is 23.4 Å². The molecule has 1 N–H and O–H groups in total. The minimum atomic E-state index is -0.321. The van der Waals surface area contributed by atoms with E-state index >= 15 is 0 Å². The van der Waals surface area contributed by atoms with Gasteiger partial charge in [0, 0.05) is 36.0 Å². The number of nitrogens with one attached hydrogen (secondary N) is 1. The van der Waals surface area contributed by atoms with Gasteiger partial charge in [0.15, 0.2) is 0 Å². The first kappa shape index (κ1) is 18.7. The van der Waals surface area contributed by atoms with Crippen LogP contribution in [0.1, 0.15) is 5.56 Å². The van der Waals surface area contributed by atoms with Gasteiger partial charge >= 0.3 is 0 Å². The number of amides is 1. The SMILES string of the molecule is N#Cc1cn(CC(=O)Nc2ccc(N3CCOCC3)cc2)c2ccccc2c1=O. The van der Waals surface area contributed by atoms with E-state index in [4.69, 9.17) is 4.74 Å². The number of aromatic nitrogens is 1. The van der Waals surface area contributed by atoms with Crippen LogP contribution in [0.4, 0.5) is 11.4 Å². The van der Waals surface area contributed by atoms with E-state index in [1.807, 2.05) is 30.3 Å². The topological polar surface area (TPSA) is 87.4 Å². The van der Waals surface area contributed by atoms with Crippen LogP contribution in [0, 0.1) is 11.3 Å². The van der Waals surface area contributed by atoms with Crippen molar-refractivity contribution in [3.05, 3.63) is 70.5 Å². The molecule has 7 nitrogen and oxygen atoms in total. The number of pyridine rings is 1. The molecule has 0 saturated carbocycles. The van der Waals surface area contributed by atoms with Gasteiger partial charge < -0.3 is 19.5 Å². The van der Waals surface area contributed by atoms with Gasteiger partial charge in [-0.3, -0.25) is 9.59 Å². The Labute approximate surface area is 167 Å². The molecule has 1 aromatic heterocycles. The van der Waals surface area contributed by atoms with Gasteiger partial charge in [0.2, 0.25) is 11.3 Å². The van der Waals surface area contributed by atoms with E-state index in [9.17, 15) is 14.9 Å². The third-order valence-electron chi connectivity index (χ3n) is 4.95. The van der Waals surface area contributed by atoms with Crippen molar-refractivity contribution in [3.63, 3.8) is 0 Å². The molecule has 0 aliphatic carbocycles. The molecule has 2 heterocycles. The maximum Gasteiger partial charge on any atom is 0.244 e. The summed E-state index contributed by atoms with van der Waals surface area (Å²) in [5.41, 5.74) is 2.10. The Kier molecular flexibility index (Phi) is 5.27. The minimum absolute atomic E-state index is 0.000683. The van der Waals surface area contributed by atoms with Crippen LogP contribution in [0.3, 0.4) is 0 Å². The summed E-state index contributed by atoms with van der Waals surface area (Å²) in [6.07, 6.45) is 1.44. The molecule has 3 aromatic rings. The van der Waals surface area contributed by atoms with Gasteiger partial charge in [-0.1, -0.05) is 12.1 Å². The second-order valence-electron chi connectivity index (χ2n) is 6.82. The van der Waals surface area contributed by atoms with Gasteiger partial charge in [0.05, 0.1) is 18.7 Å². The summed E-state index contributed by atoms with van der Waals surface area (Å²) in [5.74, 6) is -0.234. The number of hydrogen-bond donors (Lipinski definition) is 1. The van der Waals surface area contributed by atoms with Crippen molar-refractivity contribution >= 4 is 28.2 Å². The molecule has 1 saturated heterocycles. The summed E-state index contributed by atoms with van der Waals surface area (Å²) in [5, 5.41) is 12.5. The van der Waals surface area contributed by atoms with Crippen molar-refractivity contribution in [2.45, 2.75) is 6.54 Å². The quantitative estimate of drug-likeness (QED) is 0.741. The average molecular weight is 388 g/mol. The number of nitrogens with zero attached hydrogens (tertiary/aromatic N) is 3. The lowest BCUT2D eigenvalue weighted by Crippen LogP contribution is -2.36. The zero-order valence-corrected chi connectivity index (χ0v) is 15.8.